The predicted octanol–water partition coefficient (Wildman–Crippen LogP) is 3.31. The van der Waals surface area contributed by atoms with E-state index in [1.165, 1.54) is 20.8 Å². The van der Waals surface area contributed by atoms with Gasteiger partial charge in [-0.05, 0) is 27.2 Å². The summed E-state index contributed by atoms with van der Waals surface area (Å²) in [4.78, 5) is 0. The maximum Gasteiger partial charge on any atom is 0.408 e. The van der Waals surface area contributed by atoms with Crippen LogP contribution in [0.4, 0.5) is 26.3 Å². The van der Waals surface area contributed by atoms with Crippen molar-refractivity contribution >= 4 is 11.4 Å². The van der Waals surface area contributed by atoms with Crippen molar-refractivity contribution in [3.8, 4) is 0 Å². The zero-order chi connectivity index (χ0) is 14.8. The molecule has 0 amide bonds. The molecule has 18 heavy (non-hydrogen) atoms. The lowest BCUT2D eigenvalue weighted by atomic mass is 10.1. The first-order valence-electron chi connectivity index (χ1n) is 5.05. The fourth-order valence-electron chi connectivity index (χ4n) is 0.903. The quantitative estimate of drug-likeness (QED) is 0.638. The van der Waals surface area contributed by atoms with Crippen LogP contribution in [-0.4, -0.2) is 27.7 Å². The Kier molecular flexibility index (Phi) is 5.82. The van der Waals surface area contributed by atoms with E-state index in [4.69, 9.17) is 0 Å². The van der Waals surface area contributed by atoms with E-state index >= 15 is 0 Å². The number of alkyl halides is 6. The van der Waals surface area contributed by atoms with Gasteiger partial charge in [-0.3, -0.25) is 0 Å². The molecule has 0 spiro atoms. The molecular weight excluding hydrogens is 284 g/mol. The highest BCUT2D eigenvalue weighted by molar-refractivity contribution is 7.90. The van der Waals surface area contributed by atoms with Crippen molar-refractivity contribution < 1.29 is 30.9 Å². The Morgan fingerprint density at radius 3 is 1.78 bits per heavy atom. The standard InChI is InChI=1S/C9H15F6NOS/c1-7(2,3)18(17)16-6(9(13,14)15)4-5-8(10,11)12/h6,16H,4-5H2,1-3H3/t6?,18-/m1/s1. The van der Waals surface area contributed by atoms with E-state index in [-0.39, 0.29) is 0 Å². The molecule has 0 fully saturated rings. The first-order valence-corrected chi connectivity index (χ1v) is 6.20. The maximum atomic E-state index is 12.5. The molecule has 0 saturated carbocycles. The highest BCUT2D eigenvalue weighted by Crippen LogP contribution is 2.30. The second-order valence-corrected chi connectivity index (χ2v) is 6.74. The van der Waals surface area contributed by atoms with Crippen LogP contribution in [0, 0.1) is 0 Å². The SMILES string of the molecule is CC(C)(C)[S@@+]([O-])NC(CCC(F)(F)F)C(F)(F)F. The van der Waals surface area contributed by atoms with Crippen molar-refractivity contribution in [3.63, 3.8) is 0 Å². The number of rotatable bonds is 4. The van der Waals surface area contributed by atoms with Crippen LogP contribution in [0.15, 0.2) is 0 Å². The average molecular weight is 299 g/mol. The van der Waals surface area contributed by atoms with E-state index in [9.17, 15) is 30.9 Å². The van der Waals surface area contributed by atoms with Gasteiger partial charge in [0.15, 0.2) is 0 Å². The predicted molar refractivity (Wildman–Crippen MR) is 56.2 cm³/mol. The lowest BCUT2D eigenvalue weighted by Gasteiger charge is -2.29. The van der Waals surface area contributed by atoms with Gasteiger partial charge in [0.1, 0.15) is 10.8 Å². The summed E-state index contributed by atoms with van der Waals surface area (Å²) in [5, 5.41) is 0. The molecule has 0 aromatic carbocycles. The van der Waals surface area contributed by atoms with E-state index in [2.05, 4.69) is 0 Å². The summed E-state index contributed by atoms with van der Waals surface area (Å²) in [5.41, 5.74) is 0. The molecule has 0 aromatic rings. The number of halogens is 6. The van der Waals surface area contributed by atoms with E-state index < -0.39 is 47.3 Å². The van der Waals surface area contributed by atoms with Crippen LogP contribution < -0.4 is 4.72 Å². The molecule has 2 atom stereocenters. The molecule has 0 aliphatic rings. The third-order valence-corrected chi connectivity index (χ3v) is 3.53. The van der Waals surface area contributed by atoms with Gasteiger partial charge in [-0.25, -0.2) is 0 Å². The van der Waals surface area contributed by atoms with E-state index in [0.717, 1.165) is 0 Å². The Bertz CT molecular complexity index is 259. The van der Waals surface area contributed by atoms with Gasteiger partial charge in [0.05, 0.1) is 0 Å². The molecule has 0 radical (unpaired) electrons. The Morgan fingerprint density at radius 1 is 1.06 bits per heavy atom. The Hall–Kier alpha value is -0.150. The van der Waals surface area contributed by atoms with Crippen LogP contribution in [-0.2, 0) is 11.4 Å². The molecular formula is C9H15F6NOS. The molecule has 110 valence electrons. The summed E-state index contributed by atoms with van der Waals surface area (Å²) in [6.07, 6.45) is -12.3. The van der Waals surface area contributed by atoms with Gasteiger partial charge in [-0.2, -0.15) is 26.3 Å². The van der Waals surface area contributed by atoms with Crippen molar-refractivity contribution in [1.29, 1.82) is 0 Å². The van der Waals surface area contributed by atoms with Crippen molar-refractivity contribution in [2.75, 3.05) is 0 Å². The van der Waals surface area contributed by atoms with Crippen molar-refractivity contribution in [2.45, 2.75) is 56.8 Å². The summed E-state index contributed by atoms with van der Waals surface area (Å²) >= 11 is -2.08. The Balaban J connectivity index is 4.63. The van der Waals surface area contributed by atoms with Crippen LogP contribution in [0.2, 0.25) is 0 Å². The molecule has 0 aromatic heterocycles. The van der Waals surface area contributed by atoms with Crippen LogP contribution in [0.3, 0.4) is 0 Å². The summed E-state index contributed by atoms with van der Waals surface area (Å²) in [7, 11) is 0. The van der Waals surface area contributed by atoms with Crippen molar-refractivity contribution in [3.05, 3.63) is 0 Å². The monoisotopic (exact) mass is 299 g/mol. The van der Waals surface area contributed by atoms with E-state index in [0.29, 0.717) is 0 Å². The van der Waals surface area contributed by atoms with E-state index in [1.807, 2.05) is 0 Å². The highest BCUT2D eigenvalue weighted by atomic mass is 32.2. The van der Waals surface area contributed by atoms with Gasteiger partial charge in [0, 0.05) is 17.8 Å². The first kappa shape index (κ1) is 17.8. The minimum atomic E-state index is -4.87. The molecule has 2 nitrogen and oxygen atoms in total. The fourth-order valence-corrected chi connectivity index (χ4v) is 1.77. The normalized spacial score (nSPS) is 17.7. The third kappa shape index (κ3) is 7.32. The highest BCUT2D eigenvalue weighted by Gasteiger charge is 2.46. The maximum absolute atomic E-state index is 12.5. The largest absolute Gasteiger partial charge is 0.598 e. The molecule has 0 saturated heterocycles. The third-order valence-electron chi connectivity index (χ3n) is 1.92. The average Bonchev–Trinajstić information content (AvgIpc) is 2.06. The van der Waals surface area contributed by atoms with Gasteiger partial charge in [0.2, 0.25) is 0 Å². The van der Waals surface area contributed by atoms with Crippen molar-refractivity contribution in [2.24, 2.45) is 0 Å². The number of nitrogens with one attached hydrogen (secondary N) is 1. The molecule has 0 aliphatic heterocycles. The van der Waals surface area contributed by atoms with Crippen LogP contribution in [0.25, 0.3) is 0 Å². The zero-order valence-electron chi connectivity index (χ0n) is 10.1. The molecule has 9 heteroatoms. The zero-order valence-corrected chi connectivity index (χ0v) is 10.9. The van der Waals surface area contributed by atoms with Gasteiger partial charge < -0.3 is 4.55 Å². The molecule has 0 bridgehead atoms. The van der Waals surface area contributed by atoms with Gasteiger partial charge in [-0.1, -0.05) is 0 Å². The van der Waals surface area contributed by atoms with Gasteiger partial charge in [-0.15, -0.1) is 4.72 Å². The molecule has 1 N–H and O–H groups in total. The lowest BCUT2D eigenvalue weighted by Crippen LogP contribution is -2.51. The molecule has 0 rings (SSSR count). The van der Waals surface area contributed by atoms with Gasteiger partial charge >= 0.3 is 12.4 Å². The molecule has 0 heterocycles. The minimum Gasteiger partial charge on any atom is -0.598 e. The van der Waals surface area contributed by atoms with Crippen molar-refractivity contribution in [1.82, 2.24) is 4.72 Å². The Morgan fingerprint density at radius 2 is 1.50 bits per heavy atom. The minimum absolute atomic E-state index is 0.984. The first-order chi connectivity index (χ1) is 7.73. The smallest absolute Gasteiger partial charge is 0.408 e. The number of hydrogen-bond donors (Lipinski definition) is 1. The second kappa shape index (κ2) is 5.87. The number of hydrogen-bond acceptors (Lipinski definition) is 2. The van der Waals surface area contributed by atoms with Crippen LogP contribution in [0.5, 0.6) is 0 Å². The summed E-state index contributed by atoms with van der Waals surface area (Å²) in [6, 6.07) is -2.43. The molecule has 0 aliphatic carbocycles. The summed E-state index contributed by atoms with van der Waals surface area (Å²) in [6.45, 7) is 4.27. The lowest BCUT2D eigenvalue weighted by molar-refractivity contribution is -0.169. The topological polar surface area (TPSA) is 35.1 Å². The fraction of sp³-hybridized carbons (Fsp3) is 1.00. The summed E-state index contributed by atoms with van der Waals surface area (Å²) < 4.78 is 85.3. The summed E-state index contributed by atoms with van der Waals surface area (Å²) in [5.74, 6) is 0. The van der Waals surface area contributed by atoms with Crippen LogP contribution in [0.1, 0.15) is 33.6 Å². The second-order valence-electron chi connectivity index (χ2n) is 4.75. The van der Waals surface area contributed by atoms with Gasteiger partial charge in [0.25, 0.3) is 0 Å². The Labute approximate surface area is 104 Å². The van der Waals surface area contributed by atoms with E-state index in [1.54, 1.807) is 4.72 Å². The van der Waals surface area contributed by atoms with Crippen LogP contribution >= 0.6 is 0 Å². The molecule has 1 unspecified atom stereocenters.